The summed E-state index contributed by atoms with van der Waals surface area (Å²) in [6, 6.07) is 17.3. The molecule has 0 bridgehead atoms. The van der Waals surface area contributed by atoms with Gasteiger partial charge in [0.2, 0.25) is 6.41 Å². The van der Waals surface area contributed by atoms with Gasteiger partial charge in [-0.15, -0.1) is 0 Å². The van der Waals surface area contributed by atoms with Crippen molar-refractivity contribution in [1.82, 2.24) is 15.1 Å². The average Bonchev–Trinajstić information content (AvgIpc) is 3.22. The van der Waals surface area contributed by atoms with E-state index >= 15 is 0 Å². The van der Waals surface area contributed by atoms with Crippen molar-refractivity contribution in [3.05, 3.63) is 91.9 Å². The molecule has 0 saturated carbocycles. The normalized spacial score (nSPS) is 18.7. The summed E-state index contributed by atoms with van der Waals surface area (Å²) in [6.45, 7) is 0.660. The molecule has 0 spiro atoms. The lowest BCUT2D eigenvalue weighted by Crippen LogP contribution is -2.49. The Labute approximate surface area is 273 Å². The highest BCUT2D eigenvalue weighted by Crippen LogP contribution is 2.43. The molecule has 0 radical (unpaired) electrons. The van der Waals surface area contributed by atoms with Crippen molar-refractivity contribution in [1.29, 1.82) is 0 Å². The molecule has 10 nitrogen and oxygen atoms in total. The third-order valence-corrected chi connectivity index (χ3v) is 8.21. The van der Waals surface area contributed by atoms with Gasteiger partial charge in [0, 0.05) is 71.1 Å². The third kappa shape index (κ3) is 7.82. The van der Waals surface area contributed by atoms with Crippen LogP contribution in [0.2, 0.25) is 10.0 Å². The predicted octanol–water partition coefficient (Wildman–Crippen LogP) is 5.83. The highest BCUT2D eigenvalue weighted by Gasteiger charge is 2.47. The van der Waals surface area contributed by atoms with Crippen molar-refractivity contribution in [2.45, 2.75) is 30.8 Å². The van der Waals surface area contributed by atoms with Crippen LogP contribution in [-0.4, -0.2) is 72.5 Å². The Bertz CT molecular complexity index is 1570. The molecule has 2 aliphatic heterocycles. The van der Waals surface area contributed by atoms with Crippen LogP contribution in [0.4, 0.5) is 16.2 Å². The van der Waals surface area contributed by atoms with Gasteiger partial charge in [0.05, 0.1) is 5.56 Å². The van der Waals surface area contributed by atoms with Crippen LogP contribution in [0.15, 0.2) is 65.1 Å². The number of anilines is 2. The summed E-state index contributed by atoms with van der Waals surface area (Å²) in [5.41, 5.74) is 1.58. The maximum atomic E-state index is 13.7. The second-order valence-electron chi connectivity index (χ2n) is 10.8. The summed E-state index contributed by atoms with van der Waals surface area (Å²) in [5.74, 6) is -0.662. The van der Waals surface area contributed by atoms with E-state index in [1.807, 2.05) is 12.1 Å². The number of benzene rings is 3. The molecule has 4 amide bonds. The zero-order valence-corrected chi connectivity index (χ0v) is 27.2. The van der Waals surface area contributed by atoms with Gasteiger partial charge < -0.3 is 30.9 Å². The number of fused-ring (bicyclic) bond motifs is 1. The predicted molar refractivity (Wildman–Crippen MR) is 175 cm³/mol. The standard InChI is InChI=1S/C28H25BrCl2N4O4.C3H7NO/c29-17-6-8-21(25(36)32-20-5-2-10-35(15-20)27(38)39)23(12-17)34-28(14-16-3-1-4-18(30)11-16)22-9-7-19(31)13-24(22)33-26(28)37;1-4(2)3-5/h1,3-4,6-9,11-13,20,34H,2,5,10,14-15H2,(H,32,36)(H,33,37)(H,38,39);3H,1-2H3/t20-,28?;/m0./s1. The van der Waals surface area contributed by atoms with E-state index in [0.29, 0.717) is 56.4 Å². The van der Waals surface area contributed by atoms with Gasteiger partial charge in [0.25, 0.3) is 11.8 Å². The first-order valence-corrected chi connectivity index (χ1v) is 15.3. The molecular weight excluding hydrogens is 673 g/mol. The van der Waals surface area contributed by atoms with Crippen LogP contribution >= 0.6 is 39.1 Å². The van der Waals surface area contributed by atoms with Gasteiger partial charge in [-0.05, 0) is 60.9 Å². The number of hydrogen-bond acceptors (Lipinski definition) is 5. The second-order valence-corrected chi connectivity index (χ2v) is 12.6. The number of carboxylic acid groups (broad SMARTS) is 1. The van der Waals surface area contributed by atoms with Gasteiger partial charge in [-0.3, -0.25) is 14.4 Å². The minimum absolute atomic E-state index is 0.218. The summed E-state index contributed by atoms with van der Waals surface area (Å²) in [6.07, 6.45) is 1.32. The molecular formula is C31H32BrCl2N5O5. The molecule has 2 atom stereocenters. The number of carbonyl (C=O) groups excluding carboxylic acids is 3. The number of halogens is 3. The number of carbonyl (C=O) groups is 4. The van der Waals surface area contributed by atoms with Crippen molar-refractivity contribution in [2.75, 3.05) is 37.8 Å². The maximum Gasteiger partial charge on any atom is 0.407 e. The molecule has 1 fully saturated rings. The minimum atomic E-state index is -1.27. The van der Waals surface area contributed by atoms with Crippen molar-refractivity contribution < 1.29 is 24.3 Å². The summed E-state index contributed by atoms with van der Waals surface area (Å²) in [4.78, 5) is 50.8. The highest BCUT2D eigenvalue weighted by atomic mass is 79.9. The Balaban J connectivity index is 0.000000818. The van der Waals surface area contributed by atoms with E-state index in [-0.39, 0.29) is 30.8 Å². The lowest BCUT2D eigenvalue weighted by molar-refractivity contribution is -0.120. The van der Waals surface area contributed by atoms with Gasteiger partial charge >= 0.3 is 6.09 Å². The molecule has 13 heteroatoms. The Morgan fingerprint density at radius 3 is 2.55 bits per heavy atom. The van der Waals surface area contributed by atoms with Crippen LogP contribution in [0.1, 0.15) is 34.3 Å². The number of hydrogen-bond donors (Lipinski definition) is 4. The number of amides is 4. The Morgan fingerprint density at radius 2 is 1.86 bits per heavy atom. The van der Waals surface area contributed by atoms with Gasteiger partial charge in [-0.2, -0.15) is 0 Å². The molecule has 4 N–H and O–H groups in total. The fraction of sp³-hybridized carbons (Fsp3) is 0.290. The first-order chi connectivity index (χ1) is 20.9. The minimum Gasteiger partial charge on any atom is -0.465 e. The van der Waals surface area contributed by atoms with Crippen LogP contribution in [0.25, 0.3) is 0 Å². The van der Waals surface area contributed by atoms with Crippen molar-refractivity contribution >= 4 is 74.8 Å². The van der Waals surface area contributed by atoms with E-state index in [9.17, 15) is 24.3 Å². The summed E-state index contributed by atoms with van der Waals surface area (Å²) < 4.78 is 0.712. The van der Waals surface area contributed by atoms with E-state index in [2.05, 4.69) is 31.9 Å². The molecule has 0 aliphatic carbocycles. The molecule has 5 rings (SSSR count). The van der Waals surface area contributed by atoms with Crippen molar-refractivity contribution in [2.24, 2.45) is 0 Å². The lowest BCUT2D eigenvalue weighted by Gasteiger charge is -2.33. The smallest absolute Gasteiger partial charge is 0.407 e. The average molecular weight is 705 g/mol. The van der Waals surface area contributed by atoms with Gasteiger partial charge in [0.1, 0.15) is 5.54 Å². The van der Waals surface area contributed by atoms with E-state index in [0.717, 1.165) is 12.0 Å². The summed E-state index contributed by atoms with van der Waals surface area (Å²) >= 11 is 16.0. The molecule has 2 heterocycles. The number of rotatable bonds is 7. The summed E-state index contributed by atoms with van der Waals surface area (Å²) in [5, 5.41) is 19.7. The maximum absolute atomic E-state index is 13.7. The monoisotopic (exact) mass is 703 g/mol. The Kier molecular flexibility index (Phi) is 10.8. The molecule has 2 aliphatic rings. The van der Waals surface area contributed by atoms with Crippen LogP contribution in [-0.2, 0) is 21.5 Å². The first-order valence-electron chi connectivity index (χ1n) is 13.8. The quantitative estimate of drug-likeness (QED) is 0.229. The number of likely N-dealkylation sites (tertiary alicyclic amines) is 1. The zero-order valence-electron chi connectivity index (χ0n) is 24.1. The third-order valence-electron chi connectivity index (χ3n) is 7.25. The van der Waals surface area contributed by atoms with E-state index in [1.54, 1.807) is 62.6 Å². The summed E-state index contributed by atoms with van der Waals surface area (Å²) in [7, 11) is 3.38. The number of nitrogens with one attached hydrogen (secondary N) is 3. The van der Waals surface area contributed by atoms with Crippen LogP contribution in [0, 0.1) is 0 Å². The van der Waals surface area contributed by atoms with Gasteiger partial charge in [-0.1, -0.05) is 57.3 Å². The zero-order chi connectivity index (χ0) is 32.0. The van der Waals surface area contributed by atoms with E-state index < -0.39 is 11.6 Å². The fourth-order valence-corrected chi connectivity index (χ4v) is 5.97. The van der Waals surface area contributed by atoms with Crippen LogP contribution in [0.5, 0.6) is 0 Å². The highest BCUT2D eigenvalue weighted by molar-refractivity contribution is 9.10. The lowest BCUT2D eigenvalue weighted by atomic mass is 9.84. The largest absolute Gasteiger partial charge is 0.465 e. The first kappa shape index (κ1) is 33.1. The molecule has 44 heavy (non-hydrogen) atoms. The van der Waals surface area contributed by atoms with Crippen molar-refractivity contribution in [3.63, 3.8) is 0 Å². The number of piperidine rings is 1. The van der Waals surface area contributed by atoms with E-state index in [4.69, 9.17) is 23.2 Å². The molecule has 232 valence electrons. The molecule has 1 saturated heterocycles. The van der Waals surface area contributed by atoms with E-state index in [1.165, 1.54) is 9.80 Å². The molecule has 3 aromatic rings. The second kappa shape index (κ2) is 14.3. The fourth-order valence-electron chi connectivity index (χ4n) is 5.22. The van der Waals surface area contributed by atoms with Crippen LogP contribution < -0.4 is 16.0 Å². The molecule has 0 aromatic heterocycles. The number of nitrogens with zero attached hydrogens (tertiary/aromatic N) is 2. The Morgan fingerprint density at radius 1 is 1.14 bits per heavy atom. The van der Waals surface area contributed by atoms with Gasteiger partial charge in [0.15, 0.2) is 0 Å². The van der Waals surface area contributed by atoms with Crippen molar-refractivity contribution in [3.8, 4) is 0 Å². The Hall–Kier alpha value is -3.80. The SMILES string of the molecule is CN(C)C=O.O=C(N[C@H]1CCCN(C(=O)O)C1)c1ccc(Br)cc1NC1(Cc2cccc(Cl)c2)C(=O)Nc2cc(Cl)ccc21. The molecule has 1 unspecified atom stereocenters. The van der Waals surface area contributed by atoms with Gasteiger partial charge in [-0.25, -0.2) is 4.79 Å². The van der Waals surface area contributed by atoms with Crippen LogP contribution in [0.3, 0.4) is 0 Å². The molecule has 3 aromatic carbocycles. The topological polar surface area (TPSA) is 131 Å².